The van der Waals surface area contributed by atoms with Gasteiger partial charge in [-0.25, -0.2) is 8.78 Å². The van der Waals surface area contributed by atoms with Gasteiger partial charge in [0.15, 0.2) is 11.6 Å². The van der Waals surface area contributed by atoms with E-state index in [2.05, 4.69) is 12.2 Å². The first-order valence-corrected chi connectivity index (χ1v) is 10.3. The first kappa shape index (κ1) is 22.9. The van der Waals surface area contributed by atoms with Gasteiger partial charge in [-0.1, -0.05) is 51.5 Å². The molecular weight excluding hydrogens is 372 g/mol. The highest BCUT2D eigenvalue weighted by Crippen LogP contribution is 2.28. The zero-order valence-electron chi connectivity index (χ0n) is 17.6. The van der Waals surface area contributed by atoms with Gasteiger partial charge in [0.1, 0.15) is 12.4 Å². The van der Waals surface area contributed by atoms with Gasteiger partial charge in [0.25, 0.3) is 0 Å². The molecule has 1 saturated carbocycles. The maximum absolute atomic E-state index is 13.1. The molecule has 0 bridgehead atoms. The van der Waals surface area contributed by atoms with Gasteiger partial charge in [0, 0.05) is 5.69 Å². The lowest BCUT2D eigenvalue weighted by Gasteiger charge is -2.12. The van der Waals surface area contributed by atoms with Crippen molar-refractivity contribution in [2.75, 3.05) is 5.32 Å². The molecular formula is C24H31F2NO2. The number of nitrogens with one attached hydrogen (secondary N) is 1. The average Bonchev–Trinajstić information content (AvgIpc) is 3.20. The standard InChI is InChI=1S/C16H15F2NO2.C8H16/c1-10-5-13(6-11(2)16(10)19-9-20)21-8-12-3-4-14(17)15(18)7-12;1-2-5-8-6-3-4-7-8/h3-7,9H,8H2,1-2H3,(H,19,20);8H,2-7H2,1H3. The Morgan fingerprint density at radius 1 is 1.07 bits per heavy atom. The molecule has 0 saturated heterocycles. The lowest BCUT2D eigenvalue weighted by molar-refractivity contribution is -0.105. The SMILES string of the molecule is CCCC1CCCC1.Cc1cc(OCc2ccc(F)c(F)c2)cc(C)c1NC=O. The van der Waals surface area contributed by atoms with Crippen molar-refractivity contribution in [3.63, 3.8) is 0 Å². The van der Waals surface area contributed by atoms with E-state index >= 15 is 0 Å². The van der Waals surface area contributed by atoms with Crippen LogP contribution in [0.15, 0.2) is 30.3 Å². The van der Waals surface area contributed by atoms with Crippen molar-refractivity contribution in [2.24, 2.45) is 5.92 Å². The highest BCUT2D eigenvalue weighted by molar-refractivity contribution is 5.76. The van der Waals surface area contributed by atoms with Gasteiger partial charge in [-0.05, 0) is 60.7 Å². The van der Waals surface area contributed by atoms with E-state index in [0.29, 0.717) is 17.7 Å². The Hall–Kier alpha value is -2.43. The number of ether oxygens (including phenoxy) is 1. The Bertz CT molecular complexity index is 778. The van der Waals surface area contributed by atoms with E-state index in [4.69, 9.17) is 4.74 Å². The number of carbonyl (C=O) groups is 1. The van der Waals surface area contributed by atoms with E-state index in [1.807, 2.05) is 13.8 Å². The maximum Gasteiger partial charge on any atom is 0.211 e. The molecule has 1 N–H and O–H groups in total. The summed E-state index contributed by atoms with van der Waals surface area (Å²) in [6, 6.07) is 7.21. The second kappa shape index (κ2) is 11.5. The molecule has 3 rings (SSSR count). The summed E-state index contributed by atoms with van der Waals surface area (Å²) in [6.07, 6.45) is 9.55. The number of benzene rings is 2. The summed E-state index contributed by atoms with van der Waals surface area (Å²) >= 11 is 0. The van der Waals surface area contributed by atoms with Crippen molar-refractivity contribution in [1.82, 2.24) is 0 Å². The predicted octanol–water partition coefficient (Wildman–Crippen LogP) is 6.71. The lowest BCUT2D eigenvalue weighted by Crippen LogP contribution is -2.02. The van der Waals surface area contributed by atoms with Crippen LogP contribution in [-0.4, -0.2) is 6.41 Å². The van der Waals surface area contributed by atoms with Gasteiger partial charge in [-0.2, -0.15) is 0 Å². The van der Waals surface area contributed by atoms with Crippen LogP contribution in [0.3, 0.4) is 0 Å². The summed E-state index contributed by atoms with van der Waals surface area (Å²) in [5.41, 5.74) is 3.01. The molecule has 1 fully saturated rings. The van der Waals surface area contributed by atoms with Crippen LogP contribution in [0.4, 0.5) is 14.5 Å². The van der Waals surface area contributed by atoms with Crippen LogP contribution >= 0.6 is 0 Å². The zero-order valence-corrected chi connectivity index (χ0v) is 17.6. The van der Waals surface area contributed by atoms with Crippen molar-refractivity contribution < 1.29 is 18.3 Å². The summed E-state index contributed by atoms with van der Waals surface area (Å²) in [5.74, 6) is -0.0603. The average molecular weight is 404 g/mol. The summed E-state index contributed by atoms with van der Waals surface area (Å²) in [4.78, 5) is 10.5. The van der Waals surface area contributed by atoms with E-state index in [0.717, 1.165) is 34.9 Å². The van der Waals surface area contributed by atoms with Crippen LogP contribution in [0.1, 0.15) is 62.1 Å². The first-order valence-electron chi connectivity index (χ1n) is 10.3. The zero-order chi connectivity index (χ0) is 21.2. The molecule has 158 valence electrons. The minimum absolute atomic E-state index is 0.135. The number of carbonyl (C=O) groups excluding carboxylic acids is 1. The van der Waals surface area contributed by atoms with Gasteiger partial charge in [-0.3, -0.25) is 4.79 Å². The molecule has 0 radical (unpaired) electrons. The molecule has 1 amide bonds. The highest BCUT2D eigenvalue weighted by Gasteiger charge is 2.12. The first-order chi connectivity index (χ1) is 13.9. The quantitative estimate of drug-likeness (QED) is 0.522. The van der Waals surface area contributed by atoms with Crippen molar-refractivity contribution in [3.8, 4) is 5.75 Å². The normalized spacial score (nSPS) is 13.6. The highest BCUT2D eigenvalue weighted by atomic mass is 19.2. The van der Waals surface area contributed by atoms with E-state index in [9.17, 15) is 13.6 Å². The molecule has 0 atom stereocenters. The van der Waals surface area contributed by atoms with Gasteiger partial charge < -0.3 is 10.1 Å². The molecule has 0 aromatic heterocycles. The number of amides is 1. The van der Waals surface area contributed by atoms with Gasteiger partial charge in [0.05, 0.1) is 0 Å². The minimum atomic E-state index is -0.894. The smallest absolute Gasteiger partial charge is 0.211 e. The fourth-order valence-electron chi connectivity index (χ4n) is 3.80. The van der Waals surface area contributed by atoms with Crippen molar-refractivity contribution in [3.05, 3.63) is 58.7 Å². The largest absolute Gasteiger partial charge is 0.489 e. The lowest BCUT2D eigenvalue weighted by atomic mass is 10.0. The van der Waals surface area contributed by atoms with Crippen molar-refractivity contribution in [2.45, 2.75) is 65.9 Å². The van der Waals surface area contributed by atoms with E-state index < -0.39 is 11.6 Å². The molecule has 5 heteroatoms. The van der Waals surface area contributed by atoms with Crippen LogP contribution in [0.25, 0.3) is 0 Å². The summed E-state index contributed by atoms with van der Waals surface area (Å²) in [5, 5.41) is 2.63. The third kappa shape index (κ3) is 7.15. The molecule has 0 spiro atoms. The number of hydrogen-bond donors (Lipinski definition) is 1. The molecule has 0 unspecified atom stereocenters. The molecule has 3 nitrogen and oxygen atoms in total. The second-order valence-electron chi connectivity index (χ2n) is 7.67. The van der Waals surface area contributed by atoms with Gasteiger partial charge in [0.2, 0.25) is 6.41 Å². The van der Waals surface area contributed by atoms with E-state index in [1.165, 1.54) is 44.6 Å². The van der Waals surface area contributed by atoms with Gasteiger partial charge >= 0.3 is 0 Å². The Morgan fingerprint density at radius 3 is 2.28 bits per heavy atom. The van der Waals surface area contributed by atoms with Gasteiger partial charge in [-0.15, -0.1) is 0 Å². The molecule has 2 aromatic rings. The summed E-state index contributed by atoms with van der Waals surface area (Å²) in [6.45, 7) is 6.13. The fourth-order valence-corrected chi connectivity index (χ4v) is 3.80. The van der Waals surface area contributed by atoms with Crippen LogP contribution in [0.2, 0.25) is 0 Å². The Labute approximate surface area is 172 Å². The molecule has 29 heavy (non-hydrogen) atoms. The molecule has 0 heterocycles. The van der Waals surface area contributed by atoms with Crippen molar-refractivity contribution in [1.29, 1.82) is 0 Å². The maximum atomic E-state index is 13.1. The van der Waals surface area contributed by atoms with Crippen LogP contribution in [-0.2, 0) is 11.4 Å². The Kier molecular flexibility index (Phi) is 9.10. The molecule has 1 aliphatic carbocycles. The topological polar surface area (TPSA) is 38.3 Å². The minimum Gasteiger partial charge on any atom is -0.489 e. The van der Waals surface area contributed by atoms with Crippen LogP contribution in [0.5, 0.6) is 5.75 Å². The van der Waals surface area contributed by atoms with Crippen molar-refractivity contribution >= 4 is 12.1 Å². The molecule has 1 aliphatic rings. The van der Waals surface area contributed by atoms with Crippen LogP contribution in [0, 0.1) is 31.4 Å². The molecule has 2 aromatic carbocycles. The van der Waals surface area contributed by atoms with E-state index in [1.54, 1.807) is 12.1 Å². The summed E-state index contributed by atoms with van der Waals surface area (Å²) in [7, 11) is 0. The predicted molar refractivity (Wildman–Crippen MR) is 113 cm³/mol. The Morgan fingerprint density at radius 2 is 1.72 bits per heavy atom. The number of rotatable bonds is 7. The number of halogens is 2. The second-order valence-corrected chi connectivity index (χ2v) is 7.67. The number of aryl methyl sites for hydroxylation is 2. The van der Waals surface area contributed by atoms with E-state index in [-0.39, 0.29) is 6.61 Å². The summed E-state index contributed by atoms with van der Waals surface area (Å²) < 4.78 is 31.5. The number of anilines is 1. The number of hydrogen-bond acceptors (Lipinski definition) is 2. The Balaban J connectivity index is 0.000000313. The monoisotopic (exact) mass is 403 g/mol. The fraction of sp³-hybridized carbons (Fsp3) is 0.458. The van der Waals surface area contributed by atoms with Crippen LogP contribution < -0.4 is 10.1 Å². The molecule has 0 aliphatic heterocycles. The third-order valence-corrected chi connectivity index (χ3v) is 5.27. The third-order valence-electron chi connectivity index (χ3n) is 5.27.